The molecule has 0 bridgehead atoms. The summed E-state index contributed by atoms with van der Waals surface area (Å²) in [4.78, 5) is 20.2. The van der Waals surface area contributed by atoms with E-state index in [0.29, 0.717) is 17.5 Å². The summed E-state index contributed by atoms with van der Waals surface area (Å²) in [6.45, 7) is 0. The van der Waals surface area contributed by atoms with E-state index in [0.717, 1.165) is 66.3 Å². The Morgan fingerprint density at radius 2 is 0.863 bits per heavy atom. The van der Waals surface area contributed by atoms with Crippen LogP contribution in [-0.2, 0) is 0 Å². The largest absolute Gasteiger partial charge is 0.308 e. The van der Waals surface area contributed by atoms with Crippen LogP contribution < -0.4 is 0 Å². The Kier molecular flexibility index (Phi) is 6.74. The summed E-state index contributed by atoms with van der Waals surface area (Å²) < 4.78 is 2.40. The molecule has 0 unspecified atom stereocenters. The maximum absolute atomic E-state index is 5.44. The first-order valence-corrected chi connectivity index (χ1v) is 17.1. The fraction of sp³-hybridized carbons (Fsp3) is 0. The summed E-state index contributed by atoms with van der Waals surface area (Å²) >= 11 is 0. The number of nitrogens with zero attached hydrogens (tertiary/aromatic N) is 5. The Labute approximate surface area is 294 Å². The summed E-state index contributed by atoms with van der Waals surface area (Å²) in [7, 11) is 0. The van der Waals surface area contributed by atoms with Crippen LogP contribution in [0.25, 0.3) is 94.6 Å². The quantitative estimate of drug-likeness (QED) is 0.174. The molecule has 10 aromatic rings. The van der Waals surface area contributed by atoms with Gasteiger partial charge in [-0.15, -0.1) is 0 Å². The third-order valence-corrected chi connectivity index (χ3v) is 9.62. The van der Waals surface area contributed by atoms with Gasteiger partial charge in [-0.05, 0) is 35.0 Å². The van der Waals surface area contributed by atoms with E-state index in [2.05, 4.69) is 120 Å². The van der Waals surface area contributed by atoms with Gasteiger partial charge in [-0.3, -0.25) is 0 Å². The van der Waals surface area contributed by atoms with Gasteiger partial charge in [0.05, 0.1) is 22.2 Å². The Hall–Kier alpha value is -6.98. The number of aromatic nitrogens is 5. The van der Waals surface area contributed by atoms with Crippen LogP contribution in [0.15, 0.2) is 176 Å². The normalized spacial score (nSPS) is 11.5. The topological polar surface area (TPSA) is 56.5 Å². The van der Waals surface area contributed by atoms with Gasteiger partial charge in [-0.2, -0.15) is 0 Å². The molecule has 0 saturated heterocycles. The second kappa shape index (κ2) is 11.9. The van der Waals surface area contributed by atoms with Crippen LogP contribution in [0, 0.1) is 0 Å². The minimum atomic E-state index is 0.623. The van der Waals surface area contributed by atoms with E-state index in [4.69, 9.17) is 19.9 Å². The molecule has 3 heterocycles. The van der Waals surface area contributed by atoms with Gasteiger partial charge in [0.1, 0.15) is 0 Å². The molecule has 7 aromatic carbocycles. The van der Waals surface area contributed by atoms with Gasteiger partial charge in [0.25, 0.3) is 0 Å². The Morgan fingerprint density at radius 3 is 1.51 bits per heavy atom. The number of pyridine rings is 1. The van der Waals surface area contributed by atoms with Crippen molar-refractivity contribution in [2.45, 2.75) is 0 Å². The van der Waals surface area contributed by atoms with Crippen LogP contribution in [0.3, 0.4) is 0 Å². The number of para-hydroxylation sites is 2. The molecule has 0 N–H and O–H groups in total. The van der Waals surface area contributed by atoms with E-state index < -0.39 is 0 Å². The molecule has 0 radical (unpaired) electrons. The molecule has 238 valence electrons. The van der Waals surface area contributed by atoms with Gasteiger partial charge in [0.2, 0.25) is 0 Å². The average Bonchev–Trinajstić information content (AvgIpc) is 3.56. The van der Waals surface area contributed by atoms with Gasteiger partial charge >= 0.3 is 0 Å². The molecule has 5 heteroatoms. The first-order valence-electron chi connectivity index (χ1n) is 17.1. The van der Waals surface area contributed by atoms with Crippen LogP contribution in [0.1, 0.15) is 0 Å². The molecule has 0 amide bonds. The van der Waals surface area contributed by atoms with E-state index in [1.807, 2.05) is 60.7 Å². The minimum absolute atomic E-state index is 0.623. The first kappa shape index (κ1) is 29.0. The molecular weight excluding hydrogens is 623 g/mol. The van der Waals surface area contributed by atoms with Crippen LogP contribution in [0.5, 0.6) is 0 Å². The smallest absolute Gasteiger partial charge is 0.164 e. The monoisotopic (exact) mass is 651 g/mol. The van der Waals surface area contributed by atoms with Crippen molar-refractivity contribution in [3.8, 4) is 51.1 Å². The summed E-state index contributed by atoms with van der Waals surface area (Å²) in [5.74, 6) is 1.91. The van der Waals surface area contributed by atoms with Crippen molar-refractivity contribution in [3.63, 3.8) is 0 Å². The van der Waals surface area contributed by atoms with Gasteiger partial charge < -0.3 is 4.57 Å². The lowest BCUT2D eigenvalue weighted by Crippen LogP contribution is -2.00. The molecule has 0 aliphatic rings. The van der Waals surface area contributed by atoms with Crippen molar-refractivity contribution in [2.24, 2.45) is 0 Å². The summed E-state index contributed by atoms with van der Waals surface area (Å²) in [6.07, 6.45) is 0. The second-order valence-corrected chi connectivity index (χ2v) is 12.7. The first-order chi connectivity index (χ1) is 25.3. The third-order valence-electron chi connectivity index (χ3n) is 9.62. The van der Waals surface area contributed by atoms with E-state index in [9.17, 15) is 0 Å². The zero-order chi connectivity index (χ0) is 33.7. The predicted octanol–water partition coefficient (Wildman–Crippen LogP) is 11.3. The highest BCUT2D eigenvalue weighted by Crippen LogP contribution is 2.43. The van der Waals surface area contributed by atoms with Crippen LogP contribution in [-0.4, -0.2) is 24.5 Å². The van der Waals surface area contributed by atoms with Crippen molar-refractivity contribution in [1.29, 1.82) is 0 Å². The highest BCUT2D eigenvalue weighted by atomic mass is 15.0. The summed E-state index contributed by atoms with van der Waals surface area (Å²) in [6, 6.07) is 60.9. The minimum Gasteiger partial charge on any atom is -0.308 e. The molecule has 0 saturated carbocycles. The molecule has 0 aliphatic carbocycles. The molecule has 10 rings (SSSR count). The SMILES string of the molecule is c1ccc(-c2nc(-c3ccccc3)nc(-c3ccc(-c4nc5ccc6ccccc6c5c5c4c4ccccc4n5-c4ccccc4)cc3)n2)cc1. The molecule has 3 aromatic heterocycles. The highest BCUT2D eigenvalue weighted by molar-refractivity contribution is 6.27. The zero-order valence-corrected chi connectivity index (χ0v) is 27.5. The number of benzene rings is 7. The number of hydrogen-bond donors (Lipinski definition) is 0. The summed E-state index contributed by atoms with van der Waals surface area (Å²) in [5.41, 5.74) is 9.13. The van der Waals surface area contributed by atoms with Gasteiger partial charge in [-0.1, -0.05) is 152 Å². The van der Waals surface area contributed by atoms with Crippen LogP contribution >= 0.6 is 0 Å². The Bertz CT molecular complexity index is 2820. The van der Waals surface area contributed by atoms with Crippen molar-refractivity contribution in [2.75, 3.05) is 0 Å². The Balaban J connectivity index is 1.21. The maximum atomic E-state index is 5.44. The van der Waals surface area contributed by atoms with E-state index >= 15 is 0 Å². The molecule has 0 fully saturated rings. The average molecular weight is 652 g/mol. The predicted molar refractivity (Wildman–Crippen MR) is 209 cm³/mol. The fourth-order valence-electron chi connectivity index (χ4n) is 7.26. The molecule has 51 heavy (non-hydrogen) atoms. The molecule has 0 spiro atoms. The van der Waals surface area contributed by atoms with Crippen molar-refractivity contribution in [3.05, 3.63) is 176 Å². The molecule has 0 aliphatic heterocycles. The maximum Gasteiger partial charge on any atom is 0.164 e. The summed E-state index contributed by atoms with van der Waals surface area (Å²) in [5, 5.41) is 5.82. The van der Waals surface area contributed by atoms with Crippen LogP contribution in [0.2, 0.25) is 0 Å². The van der Waals surface area contributed by atoms with Gasteiger partial charge in [0, 0.05) is 44.1 Å². The highest BCUT2D eigenvalue weighted by Gasteiger charge is 2.22. The van der Waals surface area contributed by atoms with Crippen molar-refractivity contribution >= 4 is 43.5 Å². The lowest BCUT2D eigenvalue weighted by Gasteiger charge is -2.14. The number of fused-ring (bicyclic) bond motifs is 7. The van der Waals surface area contributed by atoms with E-state index in [-0.39, 0.29) is 0 Å². The van der Waals surface area contributed by atoms with Gasteiger partial charge in [0.15, 0.2) is 17.5 Å². The lowest BCUT2D eigenvalue weighted by molar-refractivity contribution is 1.07. The van der Waals surface area contributed by atoms with Crippen LogP contribution in [0.4, 0.5) is 0 Å². The van der Waals surface area contributed by atoms with Gasteiger partial charge in [-0.25, -0.2) is 19.9 Å². The standard InChI is InChI=1S/C46H29N5/c1-4-15-32(16-5-1)44-48-45(33-17-6-2-7-18-33)50-46(49-44)34-26-24-31(25-27-34)42-41-37-22-12-13-23-39(37)51(35-19-8-3-9-20-35)43(41)40-36-21-11-10-14-30(36)28-29-38(40)47-42/h1-29H. The van der Waals surface area contributed by atoms with E-state index in [1.54, 1.807) is 0 Å². The van der Waals surface area contributed by atoms with Crippen molar-refractivity contribution in [1.82, 2.24) is 24.5 Å². The Morgan fingerprint density at radius 1 is 0.353 bits per heavy atom. The molecule has 0 atom stereocenters. The molecule has 5 nitrogen and oxygen atoms in total. The zero-order valence-electron chi connectivity index (χ0n) is 27.5. The number of hydrogen-bond acceptors (Lipinski definition) is 4. The third kappa shape index (κ3) is 4.86. The fourth-order valence-corrected chi connectivity index (χ4v) is 7.26. The van der Waals surface area contributed by atoms with E-state index in [1.165, 1.54) is 10.8 Å². The molecular formula is C46H29N5. The second-order valence-electron chi connectivity index (χ2n) is 12.7. The number of rotatable bonds is 5. The lowest BCUT2D eigenvalue weighted by atomic mass is 9.98. The van der Waals surface area contributed by atoms with Crippen molar-refractivity contribution < 1.29 is 0 Å².